The van der Waals surface area contributed by atoms with E-state index in [1.54, 1.807) is 6.08 Å². The van der Waals surface area contributed by atoms with Crippen LogP contribution in [0.4, 0.5) is 0 Å². The van der Waals surface area contributed by atoms with Crippen LogP contribution in [0, 0.1) is 22.7 Å². The van der Waals surface area contributed by atoms with Gasteiger partial charge in [-0.25, -0.2) is 4.79 Å². The van der Waals surface area contributed by atoms with Crippen molar-refractivity contribution < 1.29 is 48.0 Å². The predicted octanol–water partition coefficient (Wildman–Crippen LogP) is 4.33. The van der Waals surface area contributed by atoms with E-state index in [4.69, 9.17) is 23.7 Å². The van der Waals surface area contributed by atoms with Crippen molar-refractivity contribution in [3.63, 3.8) is 0 Å². The number of carbonyl (C=O) groups excluding carboxylic acids is 4. The number of ether oxygens (including phenoxy) is 5. The van der Waals surface area contributed by atoms with Crippen molar-refractivity contribution in [1.82, 2.24) is 0 Å². The van der Waals surface area contributed by atoms with Crippen LogP contribution >= 0.6 is 0 Å². The van der Waals surface area contributed by atoms with E-state index in [1.165, 1.54) is 26.8 Å². The molecule has 2 bridgehead atoms. The Morgan fingerprint density at radius 3 is 2.13 bits per heavy atom. The predicted molar refractivity (Wildman–Crippen MR) is 162 cm³/mol. The zero-order valence-electron chi connectivity index (χ0n) is 27.0. The SMILES string of the molecule is CC(=O)O[C@@H]1[C@@H]2C[C@H](OC(C)=O)C(C)=C([C@@H](O)[C@H](OC(C)=O)[C@@]3(C)CC[C@H](OC(=O)C=Cc4ccccc4)[C@@]4(CO4)[C@@H]13)C2(C)C. The highest BCUT2D eigenvalue weighted by atomic mass is 16.6. The molecule has 5 rings (SSSR count). The van der Waals surface area contributed by atoms with Crippen molar-refractivity contribution in [2.45, 2.75) is 104 Å². The number of benzene rings is 1. The number of aliphatic hydroxyl groups excluding tert-OH is 1. The molecular formula is C35H44O10. The van der Waals surface area contributed by atoms with Crippen LogP contribution in [0.1, 0.15) is 73.3 Å². The fourth-order valence-corrected chi connectivity index (χ4v) is 8.63. The number of epoxide rings is 1. The van der Waals surface area contributed by atoms with E-state index in [0.29, 0.717) is 30.4 Å². The second-order valence-electron chi connectivity index (χ2n) is 13.7. The topological polar surface area (TPSA) is 138 Å². The molecule has 1 N–H and O–H groups in total. The van der Waals surface area contributed by atoms with Gasteiger partial charge in [0.05, 0.1) is 6.61 Å². The van der Waals surface area contributed by atoms with Crippen molar-refractivity contribution in [3.05, 3.63) is 53.1 Å². The standard InChI is InChI=1S/C35H44O10/c1-19-25(42-20(2)36)17-24-30(43-21(3)37)31-34(7,32(44-22(4)38)29(40)28(19)33(24,5)6)16-15-26(35(31)18-41-35)45-27(39)14-13-23-11-9-8-10-12-23/h8-14,24-26,29-32,40H,15-18H2,1-7H3/t24-,25-,26-,29+,30+,31-,32-,34-,35-/m0/s1. The highest BCUT2D eigenvalue weighted by Crippen LogP contribution is 2.65. The fourth-order valence-electron chi connectivity index (χ4n) is 8.63. The highest BCUT2D eigenvalue weighted by Gasteiger charge is 2.74. The summed E-state index contributed by atoms with van der Waals surface area (Å²) in [6.45, 7) is 11.8. The molecule has 10 nitrogen and oxygen atoms in total. The molecule has 1 aromatic carbocycles. The first-order chi connectivity index (χ1) is 21.1. The zero-order chi connectivity index (χ0) is 32.9. The maximum atomic E-state index is 13.1. The van der Waals surface area contributed by atoms with Gasteiger partial charge in [-0.15, -0.1) is 0 Å². The summed E-state index contributed by atoms with van der Waals surface area (Å²) >= 11 is 0. The minimum absolute atomic E-state index is 0.219. The van der Waals surface area contributed by atoms with Crippen LogP contribution in [0.5, 0.6) is 0 Å². The Morgan fingerprint density at radius 2 is 1.56 bits per heavy atom. The second kappa shape index (κ2) is 12.0. The first-order valence-electron chi connectivity index (χ1n) is 15.6. The maximum Gasteiger partial charge on any atom is 0.331 e. The third kappa shape index (κ3) is 5.94. The van der Waals surface area contributed by atoms with E-state index < -0.39 is 82.7 Å². The molecule has 1 heterocycles. The Hall–Kier alpha value is -3.50. The van der Waals surface area contributed by atoms with E-state index in [-0.39, 0.29) is 6.61 Å². The summed E-state index contributed by atoms with van der Waals surface area (Å²) < 4.78 is 30.3. The minimum atomic E-state index is -1.25. The molecule has 3 aliphatic carbocycles. The normalized spacial score (nSPS) is 36.8. The van der Waals surface area contributed by atoms with Crippen molar-refractivity contribution in [3.8, 4) is 0 Å². The Balaban J connectivity index is 1.63. The van der Waals surface area contributed by atoms with Gasteiger partial charge in [-0.1, -0.05) is 51.1 Å². The van der Waals surface area contributed by atoms with Gasteiger partial charge in [0.25, 0.3) is 0 Å². The summed E-state index contributed by atoms with van der Waals surface area (Å²) in [6.07, 6.45) is -0.383. The van der Waals surface area contributed by atoms with Crippen molar-refractivity contribution in [2.75, 3.05) is 6.61 Å². The molecule has 1 spiro atoms. The molecule has 1 saturated heterocycles. The van der Waals surface area contributed by atoms with E-state index in [9.17, 15) is 24.3 Å². The molecule has 4 aliphatic rings. The van der Waals surface area contributed by atoms with Crippen LogP contribution in [0.3, 0.4) is 0 Å². The van der Waals surface area contributed by atoms with Crippen LogP contribution in [0.25, 0.3) is 6.08 Å². The zero-order valence-corrected chi connectivity index (χ0v) is 27.0. The quantitative estimate of drug-likeness (QED) is 0.160. The summed E-state index contributed by atoms with van der Waals surface area (Å²) in [5.74, 6) is -3.20. The number of fused-ring (bicyclic) bond motifs is 4. The third-order valence-electron chi connectivity index (χ3n) is 10.5. The van der Waals surface area contributed by atoms with Crippen LogP contribution < -0.4 is 0 Å². The summed E-state index contributed by atoms with van der Waals surface area (Å²) in [5, 5.41) is 12.2. The highest BCUT2D eigenvalue weighted by molar-refractivity contribution is 5.87. The smallest absolute Gasteiger partial charge is 0.331 e. The van der Waals surface area contributed by atoms with Crippen LogP contribution in [0.15, 0.2) is 47.6 Å². The summed E-state index contributed by atoms with van der Waals surface area (Å²) in [5.41, 5.74) is -0.681. The fraction of sp³-hybridized carbons (Fsp3) is 0.600. The average molecular weight is 625 g/mol. The molecule has 0 aromatic heterocycles. The van der Waals surface area contributed by atoms with Gasteiger partial charge in [0.15, 0.2) is 0 Å². The number of aliphatic hydroxyl groups is 1. The minimum Gasteiger partial charge on any atom is -0.462 e. The van der Waals surface area contributed by atoms with Gasteiger partial charge >= 0.3 is 23.9 Å². The number of hydrogen-bond acceptors (Lipinski definition) is 10. The lowest BCUT2D eigenvalue weighted by atomic mass is 9.48. The van der Waals surface area contributed by atoms with Gasteiger partial charge in [-0.3, -0.25) is 14.4 Å². The summed E-state index contributed by atoms with van der Waals surface area (Å²) in [6, 6.07) is 9.38. The molecule has 0 unspecified atom stereocenters. The molecule has 1 aromatic rings. The van der Waals surface area contributed by atoms with E-state index in [1.807, 2.05) is 58.0 Å². The lowest BCUT2D eigenvalue weighted by Gasteiger charge is -2.60. The Kier molecular flexibility index (Phi) is 8.78. The molecule has 3 fully saturated rings. The monoisotopic (exact) mass is 624 g/mol. The van der Waals surface area contributed by atoms with E-state index in [0.717, 1.165) is 5.56 Å². The molecule has 45 heavy (non-hydrogen) atoms. The van der Waals surface area contributed by atoms with Crippen molar-refractivity contribution in [2.24, 2.45) is 22.7 Å². The maximum absolute atomic E-state index is 13.1. The Bertz CT molecular complexity index is 1410. The van der Waals surface area contributed by atoms with Gasteiger partial charge < -0.3 is 28.8 Å². The van der Waals surface area contributed by atoms with Gasteiger partial charge in [-0.05, 0) is 54.4 Å². The number of rotatable bonds is 6. The molecule has 0 radical (unpaired) electrons. The lowest BCUT2D eigenvalue weighted by molar-refractivity contribution is -0.225. The lowest BCUT2D eigenvalue weighted by Crippen LogP contribution is -2.68. The second-order valence-corrected chi connectivity index (χ2v) is 13.7. The largest absolute Gasteiger partial charge is 0.462 e. The Morgan fingerprint density at radius 1 is 0.933 bits per heavy atom. The number of esters is 4. The number of carbonyl (C=O) groups is 4. The van der Waals surface area contributed by atoms with Gasteiger partial charge in [-0.2, -0.15) is 0 Å². The average Bonchev–Trinajstić information content (AvgIpc) is 3.73. The van der Waals surface area contributed by atoms with E-state index in [2.05, 4.69) is 0 Å². The van der Waals surface area contributed by atoms with Crippen LogP contribution in [0.2, 0.25) is 0 Å². The van der Waals surface area contributed by atoms with Crippen molar-refractivity contribution >= 4 is 30.0 Å². The van der Waals surface area contributed by atoms with E-state index >= 15 is 0 Å². The van der Waals surface area contributed by atoms with Gasteiger partial charge in [0.1, 0.15) is 36.1 Å². The van der Waals surface area contributed by atoms with Gasteiger partial charge in [0.2, 0.25) is 0 Å². The molecule has 1 aliphatic heterocycles. The molecule has 0 amide bonds. The molecule has 2 saturated carbocycles. The summed E-state index contributed by atoms with van der Waals surface area (Å²) in [7, 11) is 0. The third-order valence-corrected chi connectivity index (χ3v) is 10.5. The molecular weight excluding hydrogens is 580 g/mol. The Labute approximate surface area is 264 Å². The van der Waals surface area contributed by atoms with Crippen molar-refractivity contribution in [1.29, 1.82) is 0 Å². The molecule has 244 valence electrons. The first kappa shape index (κ1) is 32.9. The van der Waals surface area contributed by atoms with Crippen LogP contribution in [-0.4, -0.2) is 71.7 Å². The summed E-state index contributed by atoms with van der Waals surface area (Å²) in [4.78, 5) is 50.8. The molecule has 9 atom stereocenters. The first-order valence-corrected chi connectivity index (χ1v) is 15.6. The number of hydrogen-bond donors (Lipinski definition) is 1. The van der Waals surface area contributed by atoms with Crippen LogP contribution in [-0.2, 0) is 42.9 Å². The van der Waals surface area contributed by atoms with Gasteiger partial charge in [0, 0.05) is 44.1 Å². The molecule has 10 heteroatoms.